The number of carboxylic acid groups (broad SMARTS) is 1. The Morgan fingerprint density at radius 2 is 2.19 bits per heavy atom. The van der Waals surface area contributed by atoms with Gasteiger partial charge in [-0.3, -0.25) is 10.1 Å². The summed E-state index contributed by atoms with van der Waals surface area (Å²) < 4.78 is 13.3. The first-order chi connectivity index (χ1) is 7.41. The molecule has 1 atom stereocenters. The number of carboxylic acids is 1. The maximum Gasteiger partial charge on any atom is 0.342 e. The van der Waals surface area contributed by atoms with Gasteiger partial charge in [0.2, 0.25) is 0 Å². The summed E-state index contributed by atoms with van der Waals surface area (Å²) in [5.41, 5.74) is -0.710. The Morgan fingerprint density at radius 3 is 2.62 bits per heavy atom. The lowest BCUT2D eigenvalue weighted by atomic mass is 10.1. The second-order valence-electron chi connectivity index (χ2n) is 2.85. The van der Waals surface area contributed by atoms with Gasteiger partial charge in [0.05, 0.1) is 22.0 Å². The Bertz CT molecular complexity index is 434. The molecule has 0 aliphatic heterocycles. The smallest absolute Gasteiger partial charge is 0.342 e. The number of nitrogens with one attached hydrogen (secondary N) is 1. The van der Waals surface area contributed by atoms with Crippen molar-refractivity contribution in [2.24, 2.45) is 0 Å². The van der Waals surface area contributed by atoms with Crippen molar-refractivity contribution in [2.75, 3.05) is 11.0 Å². The molecular formula is C8H8N2O5S. The molecule has 1 rings (SSSR count). The van der Waals surface area contributed by atoms with Crippen LogP contribution in [0.3, 0.4) is 0 Å². The molecule has 0 aliphatic carbocycles. The minimum absolute atomic E-state index is 0.234. The highest BCUT2D eigenvalue weighted by Crippen LogP contribution is 2.23. The summed E-state index contributed by atoms with van der Waals surface area (Å²) in [7, 11) is 0. The van der Waals surface area contributed by atoms with E-state index in [1.165, 1.54) is 12.3 Å². The fraction of sp³-hybridized carbons (Fsp3) is 0.125. The van der Waals surface area contributed by atoms with E-state index >= 15 is 0 Å². The van der Waals surface area contributed by atoms with Crippen molar-refractivity contribution in [3.8, 4) is 0 Å². The van der Waals surface area contributed by atoms with E-state index in [1.807, 2.05) is 0 Å². The predicted molar refractivity (Wildman–Crippen MR) is 57.7 cm³/mol. The van der Waals surface area contributed by atoms with Gasteiger partial charge in [-0.2, -0.15) is 0 Å². The van der Waals surface area contributed by atoms with Gasteiger partial charge >= 0.3 is 5.97 Å². The molecule has 0 amide bonds. The molecule has 7 nitrogen and oxygen atoms in total. The first kappa shape index (κ1) is 12.3. The lowest BCUT2D eigenvalue weighted by Gasteiger charge is -2.07. The third kappa shape index (κ3) is 2.84. The molecule has 0 saturated carbocycles. The number of rotatable bonds is 4. The molecule has 8 heteroatoms. The average Bonchev–Trinajstić information content (AvgIpc) is 2.16. The third-order valence-corrected chi connectivity index (χ3v) is 2.21. The zero-order valence-corrected chi connectivity index (χ0v) is 8.98. The van der Waals surface area contributed by atoms with E-state index in [4.69, 9.17) is 5.11 Å². The van der Waals surface area contributed by atoms with Gasteiger partial charge in [-0.25, -0.2) is 9.52 Å². The minimum atomic E-state index is -1.38. The number of carbonyl (C=O) groups is 1. The van der Waals surface area contributed by atoms with Crippen LogP contribution in [0.15, 0.2) is 18.2 Å². The van der Waals surface area contributed by atoms with Crippen LogP contribution in [-0.4, -0.2) is 26.8 Å². The van der Waals surface area contributed by atoms with Crippen molar-refractivity contribution < 1.29 is 19.4 Å². The lowest BCUT2D eigenvalue weighted by Crippen LogP contribution is -2.10. The highest BCUT2D eigenvalue weighted by Gasteiger charge is 2.20. The molecular weight excluding hydrogens is 236 g/mol. The highest BCUT2D eigenvalue weighted by molar-refractivity contribution is 7.92. The van der Waals surface area contributed by atoms with E-state index in [9.17, 15) is 19.5 Å². The maximum atomic E-state index is 10.8. The first-order valence-electron chi connectivity index (χ1n) is 4.03. The molecule has 0 aliphatic rings. The summed E-state index contributed by atoms with van der Waals surface area (Å²) >= 11 is -1.38. The van der Waals surface area contributed by atoms with E-state index < -0.39 is 33.5 Å². The Morgan fingerprint density at radius 1 is 1.56 bits per heavy atom. The third-order valence-electron chi connectivity index (χ3n) is 1.69. The summed E-state index contributed by atoms with van der Waals surface area (Å²) in [6.07, 6.45) is 1.36. The number of anilines is 1. The molecule has 1 aromatic carbocycles. The van der Waals surface area contributed by atoms with Crippen molar-refractivity contribution in [3.05, 3.63) is 33.9 Å². The number of nitro groups is 1. The van der Waals surface area contributed by atoms with Crippen LogP contribution in [0.4, 0.5) is 11.4 Å². The second kappa shape index (κ2) is 4.81. The van der Waals surface area contributed by atoms with Crippen molar-refractivity contribution in [3.63, 3.8) is 0 Å². The molecule has 16 heavy (non-hydrogen) atoms. The van der Waals surface area contributed by atoms with Crippen molar-refractivity contribution in [1.82, 2.24) is 0 Å². The Kier molecular flexibility index (Phi) is 3.69. The normalized spacial score (nSPS) is 11.9. The molecule has 0 aromatic heterocycles. The van der Waals surface area contributed by atoms with Gasteiger partial charge in [0.1, 0.15) is 11.8 Å². The van der Waals surface area contributed by atoms with Gasteiger partial charge in [0.15, 0.2) is 0 Å². The van der Waals surface area contributed by atoms with Crippen molar-refractivity contribution >= 4 is 28.7 Å². The van der Waals surface area contributed by atoms with Crippen LogP contribution in [0.5, 0.6) is 0 Å². The van der Waals surface area contributed by atoms with Crippen LogP contribution < -0.4 is 4.72 Å². The zero-order chi connectivity index (χ0) is 12.3. The summed E-state index contributed by atoms with van der Waals surface area (Å²) in [6, 6.07) is 3.44. The number of benzene rings is 1. The van der Waals surface area contributed by atoms with Crippen LogP contribution in [-0.2, 0) is 11.4 Å². The largest absolute Gasteiger partial charge is 0.593 e. The summed E-state index contributed by atoms with van der Waals surface area (Å²) in [6.45, 7) is 0. The monoisotopic (exact) mass is 244 g/mol. The van der Waals surface area contributed by atoms with Gasteiger partial charge in [0, 0.05) is 6.07 Å². The molecule has 86 valence electrons. The number of nitro benzene ring substituents is 1. The van der Waals surface area contributed by atoms with E-state index in [0.29, 0.717) is 0 Å². The fourth-order valence-corrected chi connectivity index (χ4v) is 1.55. The lowest BCUT2D eigenvalue weighted by molar-refractivity contribution is -0.385. The quantitative estimate of drug-likeness (QED) is 0.463. The number of nitrogens with zero attached hydrogens (tertiary/aromatic N) is 1. The van der Waals surface area contributed by atoms with E-state index in [2.05, 4.69) is 4.72 Å². The topological polar surface area (TPSA) is 116 Å². The molecule has 0 fully saturated rings. The standard InChI is InChI=1S/C8H8N2O5S/c1-16(15)9-5-2-3-6(8(11)12)7(4-5)10(13)14/h2-4,9H,1H3,(H,11,12). The molecule has 1 unspecified atom stereocenters. The maximum absolute atomic E-state index is 10.8. The molecule has 0 spiro atoms. The zero-order valence-electron chi connectivity index (χ0n) is 8.17. The van der Waals surface area contributed by atoms with E-state index in [-0.39, 0.29) is 5.69 Å². The van der Waals surface area contributed by atoms with Gasteiger partial charge in [-0.15, -0.1) is 0 Å². The molecule has 0 saturated heterocycles. The number of aromatic carboxylic acids is 1. The van der Waals surface area contributed by atoms with E-state index in [0.717, 1.165) is 12.1 Å². The SMILES string of the molecule is C[S+]([O-])Nc1ccc(C(=O)O)c([N+](=O)[O-])c1. The van der Waals surface area contributed by atoms with E-state index in [1.54, 1.807) is 0 Å². The molecule has 0 heterocycles. The molecule has 0 radical (unpaired) electrons. The molecule has 0 bridgehead atoms. The van der Waals surface area contributed by atoms with Crippen LogP contribution >= 0.6 is 0 Å². The average molecular weight is 244 g/mol. The summed E-state index contributed by atoms with van der Waals surface area (Å²) in [4.78, 5) is 20.5. The Hall–Kier alpha value is -1.80. The van der Waals surface area contributed by atoms with Crippen LogP contribution in [0, 0.1) is 10.1 Å². The Labute approximate surface area is 93.5 Å². The van der Waals surface area contributed by atoms with Crippen molar-refractivity contribution in [2.45, 2.75) is 0 Å². The van der Waals surface area contributed by atoms with Gasteiger partial charge in [0.25, 0.3) is 5.69 Å². The summed E-state index contributed by atoms with van der Waals surface area (Å²) in [5, 5.41) is 19.3. The minimum Gasteiger partial charge on any atom is -0.593 e. The van der Waals surface area contributed by atoms with Crippen molar-refractivity contribution in [1.29, 1.82) is 0 Å². The van der Waals surface area contributed by atoms with Crippen LogP contribution in [0.2, 0.25) is 0 Å². The molecule has 2 N–H and O–H groups in total. The Balaban J connectivity index is 3.17. The van der Waals surface area contributed by atoms with Gasteiger partial charge < -0.3 is 9.66 Å². The van der Waals surface area contributed by atoms with Gasteiger partial charge in [-0.05, 0) is 12.1 Å². The highest BCUT2D eigenvalue weighted by atomic mass is 32.2. The van der Waals surface area contributed by atoms with Gasteiger partial charge in [-0.1, -0.05) is 0 Å². The number of hydrogen-bond donors (Lipinski definition) is 2. The second-order valence-corrected chi connectivity index (χ2v) is 3.96. The number of hydrogen-bond acceptors (Lipinski definition) is 5. The van der Waals surface area contributed by atoms with Crippen LogP contribution in [0.1, 0.15) is 10.4 Å². The summed E-state index contributed by atoms with van der Waals surface area (Å²) in [5.74, 6) is -1.38. The molecule has 1 aromatic rings. The van der Waals surface area contributed by atoms with Crippen LogP contribution in [0.25, 0.3) is 0 Å². The predicted octanol–water partition coefficient (Wildman–Crippen LogP) is 0.998. The first-order valence-corrected chi connectivity index (χ1v) is 5.59. The fourth-order valence-electron chi connectivity index (χ4n) is 1.09.